The van der Waals surface area contributed by atoms with Gasteiger partial charge in [0.1, 0.15) is 5.82 Å². The molecule has 0 saturated carbocycles. The maximum atomic E-state index is 13.1. The van der Waals surface area contributed by atoms with Gasteiger partial charge in [-0.1, -0.05) is 6.07 Å². The Labute approximate surface area is 138 Å². The monoisotopic (exact) mass is 331 g/mol. The fourth-order valence-corrected chi connectivity index (χ4v) is 2.60. The van der Waals surface area contributed by atoms with Crippen LogP contribution in [0.1, 0.15) is 10.6 Å². The molecule has 1 fully saturated rings. The first-order chi connectivity index (χ1) is 11.6. The van der Waals surface area contributed by atoms with Crippen molar-refractivity contribution in [1.82, 2.24) is 9.80 Å². The molecule has 1 N–H and O–H groups in total. The van der Waals surface area contributed by atoms with Crippen LogP contribution in [-0.4, -0.2) is 54.3 Å². The van der Waals surface area contributed by atoms with Gasteiger partial charge in [0.15, 0.2) is 5.76 Å². The summed E-state index contributed by atoms with van der Waals surface area (Å²) in [6.07, 6.45) is 1.46. The number of nitrogens with zero attached hydrogens (tertiary/aromatic N) is 2. The molecular formula is C17H18FN3O3. The van der Waals surface area contributed by atoms with Crippen LogP contribution in [0.25, 0.3) is 0 Å². The minimum atomic E-state index is -0.350. The number of benzene rings is 1. The van der Waals surface area contributed by atoms with E-state index in [1.54, 1.807) is 34.1 Å². The van der Waals surface area contributed by atoms with Crippen molar-refractivity contribution in [2.75, 3.05) is 38.0 Å². The highest BCUT2D eigenvalue weighted by molar-refractivity contribution is 5.91. The third kappa shape index (κ3) is 3.73. The maximum absolute atomic E-state index is 13.1. The van der Waals surface area contributed by atoms with Gasteiger partial charge in [0.05, 0.1) is 12.8 Å². The lowest BCUT2D eigenvalue weighted by atomic mass is 10.2. The lowest BCUT2D eigenvalue weighted by molar-refractivity contribution is -0.130. The molecule has 0 bridgehead atoms. The Bertz CT molecular complexity index is 710. The Hall–Kier alpha value is -2.83. The molecule has 3 rings (SSSR count). The lowest BCUT2D eigenvalue weighted by Gasteiger charge is -2.34. The second kappa shape index (κ2) is 7.16. The molecule has 6 nitrogen and oxygen atoms in total. The van der Waals surface area contributed by atoms with Crippen LogP contribution in [0, 0.1) is 5.82 Å². The van der Waals surface area contributed by atoms with Gasteiger partial charge in [-0.25, -0.2) is 4.39 Å². The summed E-state index contributed by atoms with van der Waals surface area (Å²) in [5.41, 5.74) is 0.565. The smallest absolute Gasteiger partial charge is 0.289 e. The van der Waals surface area contributed by atoms with Crippen molar-refractivity contribution >= 4 is 17.5 Å². The lowest BCUT2D eigenvalue weighted by Crippen LogP contribution is -2.51. The summed E-state index contributed by atoms with van der Waals surface area (Å²) in [7, 11) is 0. The van der Waals surface area contributed by atoms with Crippen molar-refractivity contribution in [1.29, 1.82) is 0 Å². The van der Waals surface area contributed by atoms with Crippen LogP contribution >= 0.6 is 0 Å². The highest BCUT2D eigenvalue weighted by atomic mass is 19.1. The standard InChI is InChI=1S/C17H18FN3O3/c18-13-3-1-4-14(11-13)19-12-16(22)20-6-8-21(9-7-20)17(23)15-5-2-10-24-15/h1-5,10-11,19H,6-9,12H2. The maximum Gasteiger partial charge on any atom is 0.289 e. The van der Waals surface area contributed by atoms with Crippen LogP contribution < -0.4 is 5.32 Å². The van der Waals surface area contributed by atoms with Crippen molar-refractivity contribution in [3.05, 3.63) is 54.2 Å². The minimum Gasteiger partial charge on any atom is -0.459 e. The third-order valence-corrected chi connectivity index (χ3v) is 3.92. The van der Waals surface area contributed by atoms with E-state index < -0.39 is 0 Å². The molecule has 7 heteroatoms. The van der Waals surface area contributed by atoms with Crippen molar-refractivity contribution in [3.8, 4) is 0 Å². The summed E-state index contributed by atoms with van der Waals surface area (Å²) in [6.45, 7) is 1.96. The van der Waals surface area contributed by atoms with E-state index in [0.29, 0.717) is 37.6 Å². The number of hydrogen-bond donors (Lipinski definition) is 1. The molecule has 1 saturated heterocycles. The predicted octanol–water partition coefficient (Wildman–Crippen LogP) is 1.82. The Morgan fingerprint density at radius 2 is 1.83 bits per heavy atom. The summed E-state index contributed by atoms with van der Waals surface area (Å²) in [5.74, 6) is -0.283. The van der Waals surface area contributed by atoms with Gasteiger partial charge < -0.3 is 19.5 Å². The van der Waals surface area contributed by atoms with Gasteiger partial charge in [-0.15, -0.1) is 0 Å². The van der Waals surface area contributed by atoms with Gasteiger partial charge in [-0.05, 0) is 30.3 Å². The van der Waals surface area contributed by atoms with Crippen LogP contribution in [0.4, 0.5) is 10.1 Å². The number of furan rings is 1. The summed E-state index contributed by atoms with van der Waals surface area (Å²) >= 11 is 0. The van der Waals surface area contributed by atoms with Crippen LogP contribution in [0.2, 0.25) is 0 Å². The molecular weight excluding hydrogens is 313 g/mol. The average Bonchev–Trinajstić information content (AvgIpc) is 3.14. The molecule has 2 heterocycles. The number of amides is 2. The first-order valence-electron chi connectivity index (χ1n) is 7.73. The topological polar surface area (TPSA) is 65.8 Å². The Kier molecular flexibility index (Phi) is 4.79. The molecule has 2 amide bonds. The van der Waals surface area contributed by atoms with Crippen molar-refractivity contribution < 1.29 is 18.4 Å². The van der Waals surface area contributed by atoms with E-state index in [4.69, 9.17) is 4.42 Å². The van der Waals surface area contributed by atoms with E-state index in [0.717, 1.165) is 0 Å². The number of carbonyl (C=O) groups is 2. The second-order valence-electron chi connectivity index (χ2n) is 5.51. The van der Waals surface area contributed by atoms with E-state index in [1.165, 1.54) is 18.4 Å². The Balaban J connectivity index is 1.47. The molecule has 2 aromatic rings. The van der Waals surface area contributed by atoms with Gasteiger partial charge in [0.2, 0.25) is 5.91 Å². The first-order valence-corrected chi connectivity index (χ1v) is 7.73. The van der Waals surface area contributed by atoms with Gasteiger partial charge in [0, 0.05) is 31.9 Å². The SMILES string of the molecule is O=C(CNc1cccc(F)c1)N1CCN(C(=O)c2ccco2)CC1. The first kappa shape index (κ1) is 16.0. The van der Waals surface area contributed by atoms with Gasteiger partial charge in [-0.2, -0.15) is 0 Å². The minimum absolute atomic E-state index is 0.0793. The number of anilines is 1. The van der Waals surface area contributed by atoms with Crippen molar-refractivity contribution in [2.24, 2.45) is 0 Å². The average molecular weight is 331 g/mol. The number of carbonyl (C=O) groups excluding carboxylic acids is 2. The number of nitrogens with one attached hydrogen (secondary N) is 1. The molecule has 0 spiro atoms. The molecule has 0 unspecified atom stereocenters. The van der Waals surface area contributed by atoms with Crippen LogP contribution in [-0.2, 0) is 4.79 Å². The third-order valence-electron chi connectivity index (χ3n) is 3.92. The van der Waals surface area contributed by atoms with E-state index in [9.17, 15) is 14.0 Å². The highest BCUT2D eigenvalue weighted by Crippen LogP contribution is 2.11. The molecule has 0 atom stereocenters. The van der Waals surface area contributed by atoms with Crippen molar-refractivity contribution in [2.45, 2.75) is 0 Å². The second-order valence-corrected chi connectivity index (χ2v) is 5.51. The van der Waals surface area contributed by atoms with Gasteiger partial charge in [-0.3, -0.25) is 9.59 Å². The van der Waals surface area contributed by atoms with Crippen LogP contribution in [0.15, 0.2) is 47.1 Å². The fraction of sp³-hybridized carbons (Fsp3) is 0.294. The van der Waals surface area contributed by atoms with E-state index in [-0.39, 0.29) is 24.2 Å². The quantitative estimate of drug-likeness (QED) is 0.928. The Morgan fingerprint density at radius 3 is 2.50 bits per heavy atom. The normalized spacial score (nSPS) is 14.5. The molecule has 0 radical (unpaired) electrons. The number of halogens is 1. The van der Waals surface area contributed by atoms with E-state index >= 15 is 0 Å². The van der Waals surface area contributed by atoms with Gasteiger partial charge >= 0.3 is 0 Å². The molecule has 1 aromatic carbocycles. The number of rotatable bonds is 4. The molecule has 1 aliphatic heterocycles. The zero-order valence-electron chi connectivity index (χ0n) is 13.1. The van der Waals surface area contributed by atoms with E-state index in [2.05, 4.69) is 5.32 Å². The highest BCUT2D eigenvalue weighted by Gasteiger charge is 2.25. The summed E-state index contributed by atoms with van der Waals surface area (Å²) in [6, 6.07) is 9.28. The fourth-order valence-electron chi connectivity index (χ4n) is 2.60. The van der Waals surface area contributed by atoms with Gasteiger partial charge in [0.25, 0.3) is 5.91 Å². The Morgan fingerprint density at radius 1 is 1.08 bits per heavy atom. The largest absolute Gasteiger partial charge is 0.459 e. The molecule has 1 aliphatic rings. The van der Waals surface area contributed by atoms with Crippen LogP contribution in [0.5, 0.6) is 0 Å². The zero-order valence-corrected chi connectivity index (χ0v) is 13.1. The van der Waals surface area contributed by atoms with Crippen molar-refractivity contribution in [3.63, 3.8) is 0 Å². The summed E-state index contributed by atoms with van der Waals surface area (Å²) in [5, 5.41) is 2.91. The van der Waals surface area contributed by atoms with Crippen LogP contribution in [0.3, 0.4) is 0 Å². The number of piperazine rings is 1. The molecule has 126 valence electrons. The molecule has 24 heavy (non-hydrogen) atoms. The summed E-state index contributed by atoms with van der Waals surface area (Å²) in [4.78, 5) is 27.7. The molecule has 1 aromatic heterocycles. The molecule has 0 aliphatic carbocycles. The predicted molar refractivity (Wildman–Crippen MR) is 86.1 cm³/mol. The zero-order chi connectivity index (χ0) is 16.9. The van der Waals surface area contributed by atoms with E-state index in [1.807, 2.05) is 0 Å². The number of hydrogen-bond acceptors (Lipinski definition) is 4. The summed E-state index contributed by atoms with van der Waals surface area (Å²) < 4.78 is 18.2.